The van der Waals surface area contributed by atoms with Crippen molar-refractivity contribution in [1.29, 1.82) is 0 Å². The third-order valence-electron chi connectivity index (χ3n) is 6.19. The number of alkyl halides is 6. The van der Waals surface area contributed by atoms with E-state index in [4.69, 9.17) is 5.73 Å². The molecule has 40 heavy (non-hydrogen) atoms. The first kappa shape index (κ1) is 30.9. The van der Waals surface area contributed by atoms with Crippen molar-refractivity contribution in [3.8, 4) is 0 Å². The van der Waals surface area contributed by atoms with Crippen molar-refractivity contribution in [3.63, 3.8) is 0 Å². The minimum Gasteiger partial charge on any atom is -0.369 e. The molecule has 1 atom stereocenters. The molecule has 0 aliphatic carbocycles. The van der Waals surface area contributed by atoms with Gasteiger partial charge >= 0.3 is 18.4 Å². The fraction of sp³-hybridized carbons (Fsp3) is 0.391. The molecule has 1 aliphatic rings. The highest BCUT2D eigenvalue weighted by Crippen LogP contribution is 2.51. The molecule has 3 amide bonds. The summed E-state index contributed by atoms with van der Waals surface area (Å²) in [6.07, 6.45) is -12.9. The molecule has 0 aromatic heterocycles. The Hall–Kier alpha value is -3.60. The topological polar surface area (TPSA) is 142 Å². The number of halogens is 7. The van der Waals surface area contributed by atoms with Crippen molar-refractivity contribution >= 4 is 27.6 Å². The Balaban J connectivity index is 2.04. The first-order chi connectivity index (χ1) is 18.4. The summed E-state index contributed by atoms with van der Waals surface area (Å²) in [6, 6.07) is 3.05. The molecule has 1 unspecified atom stereocenters. The van der Waals surface area contributed by atoms with Crippen molar-refractivity contribution in [1.82, 2.24) is 10.6 Å². The summed E-state index contributed by atoms with van der Waals surface area (Å²) in [5.41, 5.74) is -2.41. The second-order valence-electron chi connectivity index (χ2n) is 8.84. The molecular formula is C23H23F7N4O5S. The van der Waals surface area contributed by atoms with Crippen molar-refractivity contribution in [3.05, 3.63) is 59.4 Å². The highest BCUT2D eigenvalue weighted by Gasteiger charge is 2.71. The van der Waals surface area contributed by atoms with Gasteiger partial charge in [-0.1, -0.05) is 12.1 Å². The number of nitrogens with two attached hydrogens (primary N) is 1. The smallest absolute Gasteiger partial charge is 0.369 e. The summed E-state index contributed by atoms with van der Waals surface area (Å²) in [7, 11) is -4.59. The second-order valence-corrected chi connectivity index (χ2v) is 10.7. The number of carbonyl (C=O) groups excluding carboxylic acids is 2. The van der Waals surface area contributed by atoms with Crippen LogP contribution in [-0.4, -0.2) is 56.9 Å². The highest BCUT2D eigenvalue weighted by atomic mass is 32.2. The Morgan fingerprint density at radius 3 is 2.15 bits per heavy atom. The number of hydrogen-bond donors (Lipinski definition) is 4. The van der Waals surface area contributed by atoms with E-state index in [-0.39, 0.29) is 43.6 Å². The summed E-state index contributed by atoms with van der Waals surface area (Å²) in [6.45, 7) is -0.456. The van der Waals surface area contributed by atoms with Gasteiger partial charge in [0.2, 0.25) is 5.91 Å². The number of benzene rings is 2. The summed E-state index contributed by atoms with van der Waals surface area (Å²) in [4.78, 5) is 22.5. The zero-order chi connectivity index (χ0) is 30.1. The van der Waals surface area contributed by atoms with E-state index in [1.54, 1.807) is 0 Å². The SMILES string of the molecule is NC(=O)NCCC(=O)NCC1CCc2cc(C(O)(C(F)(F)F)C(F)(F)F)ccc2N1S(=O)(=O)c1ccc(F)cc1. The van der Waals surface area contributed by atoms with Crippen LogP contribution in [0.15, 0.2) is 47.4 Å². The van der Waals surface area contributed by atoms with E-state index in [9.17, 15) is 53.8 Å². The monoisotopic (exact) mass is 600 g/mol. The van der Waals surface area contributed by atoms with Crippen molar-refractivity contribution < 1.29 is 53.8 Å². The number of amides is 3. The van der Waals surface area contributed by atoms with Gasteiger partial charge in [0, 0.05) is 25.1 Å². The van der Waals surface area contributed by atoms with Crippen LogP contribution in [-0.2, 0) is 26.8 Å². The second kappa shape index (κ2) is 11.1. The van der Waals surface area contributed by atoms with Crippen LogP contribution < -0.4 is 20.7 Å². The maximum absolute atomic E-state index is 13.6. The van der Waals surface area contributed by atoms with Crippen LogP contribution in [0, 0.1) is 5.82 Å². The predicted octanol–water partition coefficient (Wildman–Crippen LogP) is 2.82. The fourth-order valence-corrected chi connectivity index (χ4v) is 5.92. The van der Waals surface area contributed by atoms with E-state index >= 15 is 0 Å². The number of sulfonamides is 1. The van der Waals surface area contributed by atoms with Crippen LogP contribution in [0.4, 0.5) is 41.2 Å². The summed E-state index contributed by atoms with van der Waals surface area (Å²) in [5, 5.41) is 14.4. The van der Waals surface area contributed by atoms with Gasteiger partial charge in [0.15, 0.2) is 0 Å². The molecule has 0 bridgehead atoms. The zero-order valence-corrected chi connectivity index (χ0v) is 21.1. The standard InChI is InChI=1S/C23H23F7N4O5S/c24-15-3-6-17(7-4-15)40(38,39)34-16(12-33-19(35)9-10-32-20(31)36)5-1-13-11-14(2-8-18(13)34)21(37,22(25,26)27)23(28,29)30/h2-4,6-8,11,16,37H,1,5,9-10,12H2,(H,33,35)(H3,31,32,36). The number of anilines is 1. The molecule has 3 rings (SSSR count). The molecule has 1 aliphatic heterocycles. The Labute approximate surface area is 223 Å². The van der Waals surface area contributed by atoms with E-state index in [0.717, 1.165) is 28.6 Å². The van der Waals surface area contributed by atoms with Crippen LogP contribution in [0.25, 0.3) is 0 Å². The molecule has 0 fully saturated rings. The Morgan fingerprint density at radius 1 is 1.00 bits per heavy atom. The first-order valence-corrected chi connectivity index (χ1v) is 12.9. The number of primary amides is 1. The Bertz CT molecular complexity index is 1350. The molecule has 0 radical (unpaired) electrons. The summed E-state index contributed by atoms with van der Waals surface area (Å²) >= 11 is 0. The van der Waals surface area contributed by atoms with Gasteiger partial charge in [0.05, 0.1) is 16.6 Å². The highest BCUT2D eigenvalue weighted by molar-refractivity contribution is 7.92. The van der Waals surface area contributed by atoms with E-state index in [2.05, 4.69) is 10.6 Å². The maximum atomic E-state index is 13.6. The Kier molecular flexibility index (Phi) is 8.59. The number of urea groups is 1. The molecule has 1 heterocycles. The van der Waals surface area contributed by atoms with Gasteiger partial charge in [0.25, 0.3) is 15.6 Å². The predicted molar refractivity (Wildman–Crippen MR) is 126 cm³/mol. The Morgan fingerprint density at radius 2 is 1.60 bits per heavy atom. The average molecular weight is 601 g/mol. The maximum Gasteiger partial charge on any atom is 0.430 e. The molecule has 0 saturated carbocycles. The van der Waals surface area contributed by atoms with Crippen LogP contribution >= 0.6 is 0 Å². The van der Waals surface area contributed by atoms with E-state index in [0.29, 0.717) is 18.2 Å². The molecular weight excluding hydrogens is 577 g/mol. The van der Waals surface area contributed by atoms with Crippen molar-refractivity contribution in [2.75, 3.05) is 17.4 Å². The van der Waals surface area contributed by atoms with Gasteiger partial charge in [-0.3, -0.25) is 9.10 Å². The number of nitrogens with zero attached hydrogens (tertiary/aromatic N) is 1. The third kappa shape index (κ3) is 6.09. The molecule has 220 valence electrons. The van der Waals surface area contributed by atoms with Crippen LogP contribution in [0.1, 0.15) is 24.0 Å². The number of rotatable bonds is 8. The number of nitrogens with one attached hydrogen (secondary N) is 2. The fourth-order valence-electron chi connectivity index (χ4n) is 4.20. The normalized spacial score (nSPS) is 16.3. The molecule has 0 saturated heterocycles. The van der Waals surface area contributed by atoms with Gasteiger partial charge < -0.3 is 21.5 Å². The van der Waals surface area contributed by atoms with Crippen LogP contribution in [0.2, 0.25) is 0 Å². The molecule has 2 aromatic carbocycles. The van der Waals surface area contributed by atoms with Gasteiger partial charge in [-0.05, 0) is 48.7 Å². The van der Waals surface area contributed by atoms with Crippen molar-refractivity contribution in [2.24, 2.45) is 5.73 Å². The molecule has 9 nitrogen and oxygen atoms in total. The lowest BCUT2D eigenvalue weighted by molar-refractivity contribution is -0.376. The van der Waals surface area contributed by atoms with Gasteiger partial charge in [0.1, 0.15) is 5.82 Å². The lowest BCUT2D eigenvalue weighted by Crippen LogP contribution is -2.54. The number of carbonyl (C=O) groups is 2. The van der Waals surface area contributed by atoms with Crippen LogP contribution in [0.3, 0.4) is 0 Å². The molecule has 5 N–H and O–H groups in total. The largest absolute Gasteiger partial charge is 0.430 e. The molecule has 2 aromatic rings. The summed E-state index contributed by atoms with van der Waals surface area (Å²) in [5.74, 6) is -1.39. The van der Waals surface area contributed by atoms with Crippen LogP contribution in [0.5, 0.6) is 0 Å². The number of aryl methyl sites for hydroxylation is 1. The van der Waals surface area contributed by atoms with E-state index in [1.165, 1.54) is 0 Å². The minimum absolute atomic E-state index is 0.129. The molecule has 0 spiro atoms. The zero-order valence-electron chi connectivity index (χ0n) is 20.3. The van der Waals surface area contributed by atoms with E-state index in [1.807, 2.05) is 0 Å². The van der Waals surface area contributed by atoms with Gasteiger partial charge in [-0.15, -0.1) is 0 Å². The summed E-state index contributed by atoms with van der Waals surface area (Å²) < 4.78 is 122. The third-order valence-corrected chi connectivity index (χ3v) is 8.07. The van der Waals surface area contributed by atoms with Gasteiger partial charge in [-0.2, -0.15) is 26.3 Å². The van der Waals surface area contributed by atoms with Crippen molar-refractivity contribution in [2.45, 2.75) is 48.2 Å². The number of fused-ring (bicyclic) bond motifs is 1. The first-order valence-electron chi connectivity index (χ1n) is 11.5. The lowest BCUT2D eigenvalue weighted by Gasteiger charge is -2.39. The quantitative estimate of drug-likeness (QED) is 0.345. The minimum atomic E-state index is -6.15. The number of aliphatic hydroxyl groups is 1. The lowest BCUT2D eigenvalue weighted by atomic mass is 9.88. The van der Waals surface area contributed by atoms with E-state index < -0.39 is 62.2 Å². The number of hydrogen-bond acceptors (Lipinski definition) is 5. The molecule has 17 heteroatoms. The average Bonchev–Trinajstić information content (AvgIpc) is 2.84. The van der Waals surface area contributed by atoms with Gasteiger partial charge in [-0.25, -0.2) is 17.6 Å².